The van der Waals surface area contributed by atoms with Crippen LogP contribution in [0.5, 0.6) is 11.5 Å². The quantitative estimate of drug-likeness (QED) is 0.490. The molecule has 1 unspecified atom stereocenters. The third kappa shape index (κ3) is 5.25. The number of ether oxygens (including phenoxy) is 2. The number of aliphatic carboxylic acids is 1. The van der Waals surface area contributed by atoms with Crippen molar-refractivity contribution in [3.05, 3.63) is 59.4 Å². The van der Waals surface area contributed by atoms with Gasteiger partial charge >= 0.3 is 5.97 Å². The average molecular weight is 441 g/mol. The molecule has 5 heteroatoms. The van der Waals surface area contributed by atoms with Crippen LogP contribution in [0, 0.1) is 23.6 Å². The van der Waals surface area contributed by atoms with E-state index in [9.17, 15) is 14.3 Å². The Morgan fingerprint density at radius 2 is 1.81 bits per heavy atom. The molecule has 2 aliphatic carbocycles. The van der Waals surface area contributed by atoms with Gasteiger partial charge < -0.3 is 14.6 Å². The molecule has 0 amide bonds. The lowest BCUT2D eigenvalue weighted by atomic mass is 9.79. The summed E-state index contributed by atoms with van der Waals surface area (Å²) in [4.78, 5) is 11.6. The molecule has 0 aromatic heterocycles. The summed E-state index contributed by atoms with van der Waals surface area (Å²) in [6, 6.07) is 13.0. The van der Waals surface area contributed by atoms with E-state index in [1.54, 1.807) is 13.2 Å². The number of methoxy groups -OCH3 is 1. The minimum atomic E-state index is -0.738. The molecule has 2 atom stereocenters. The molecule has 2 aromatic carbocycles. The van der Waals surface area contributed by atoms with Crippen LogP contribution in [0.25, 0.3) is 0 Å². The monoisotopic (exact) mass is 440 g/mol. The first-order chi connectivity index (χ1) is 15.5. The van der Waals surface area contributed by atoms with Crippen molar-refractivity contribution in [1.82, 2.24) is 0 Å². The van der Waals surface area contributed by atoms with E-state index < -0.39 is 11.9 Å². The maximum absolute atomic E-state index is 14.3. The third-order valence-electron chi connectivity index (χ3n) is 7.28. The van der Waals surface area contributed by atoms with Crippen molar-refractivity contribution in [2.24, 2.45) is 17.8 Å². The number of carboxylic acid groups (broad SMARTS) is 1. The van der Waals surface area contributed by atoms with Gasteiger partial charge in [-0.25, -0.2) is 4.39 Å². The number of carbonyl (C=O) groups is 1. The lowest BCUT2D eigenvalue weighted by Crippen LogP contribution is -2.21. The van der Waals surface area contributed by atoms with Gasteiger partial charge in [0.05, 0.1) is 19.6 Å². The molecule has 2 saturated carbocycles. The normalized spacial score (nSPS) is 22.7. The SMILES string of the molecule is COc1ccc(F)c(C2CCC(COc3cccc(C(C4CC4)[C@H](C)C(=O)O)c3)CC2)c1. The second-order valence-electron chi connectivity index (χ2n) is 9.48. The molecule has 0 heterocycles. The molecule has 2 aromatic rings. The Morgan fingerprint density at radius 1 is 1.06 bits per heavy atom. The van der Waals surface area contributed by atoms with Crippen LogP contribution in [0.3, 0.4) is 0 Å². The lowest BCUT2D eigenvalue weighted by Gasteiger charge is -2.29. The largest absolute Gasteiger partial charge is 0.497 e. The Balaban J connectivity index is 1.33. The standard InChI is InChI=1S/C27H33FO4/c1-17(27(29)30)26(20-10-11-20)21-4-3-5-23(14-21)32-16-18-6-8-19(9-7-18)24-15-22(31-2)12-13-25(24)28/h3-5,12-15,17-20,26H,6-11,16H2,1-2H3,(H,29,30)/t17-,18?,19?,26?/m0/s1. The lowest BCUT2D eigenvalue weighted by molar-refractivity contribution is -0.142. The summed E-state index contributed by atoms with van der Waals surface area (Å²) >= 11 is 0. The molecule has 172 valence electrons. The Hall–Kier alpha value is -2.56. The van der Waals surface area contributed by atoms with Crippen LogP contribution in [0.1, 0.15) is 68.4 Å². The molecule has 0 spiro atoms. The van der Waals surface area contributed by atoms with Gasteiger partial charge in [0.2, 0.25) is 0 Å². The number of benzene rings is 2. The average Bonchev–Trinajstić information content (AvgIpc) is 3.64. The molecule has 0 aliphatic heterocycles. The summed E-state index contributed by atoms with van der Waals surface area (Å²) in [6.07, 6.45) is 6.09. The van der Waals surface area contributed by atoms with Gasteiger partial charge in [-0.3, -0.25) is 4.79 Å². The fourth-order valence-corrected chi connectivity index (χ4v) is 5.21. The molecular weight excluding hydrogens is 407 g/mol. The van der Waals surface area contributed by atoms with Crippen molar-refractivity contribution >= 4 is 5.97 Å². The number of hydrogen-bond acceptors (Lipinski definition) is 3. The van der Waals surface area contributed by atoms with Crippen LogP contribution in [-0.4, -0.2) is 24.8 Å². The number of carboxylic acids is 1. The fourth-order valence-electron chi connectivity index (χ4n) is 5.21. The van der Waals surface area contributed by atoms with Gasteiger partial charge in [0, 0.05) is 0 Å². The zero-order valence-electron chi connectivity index (χ0n) is 18.9. The molecule has 2 aliphatic rings. The number of rotatable bonds is 9. The molecule has 2 fully saturated rings. The van der Waals surface area contributed by atoms with Gasteiger partial charge in [-0.1, -0.05) is 19.1 Å². The minimum Gasteiger partial charge on any atom is -0.497 e. The van der Waals surface area contributed by atoms with Crippen molar-refractivity contribution < 1.29 is 23.8 Å². The first-order valence-electron chi connectivity index (χ1n) is 11.7. The summed E-state index contributed by atoms with van der Waals surface area (Å²) in [5.74, 6) is 1.40. The molecule has 0 saturated heterocycles. The third-order valence-corrected chi connectivity index (χ3v) is 7.28. The maximum atomic E-state index is 14.3. The van der Waals surface area contributed by atoms with E-state index in [0.717, 1.165) is 55.4 Å². The van der Waals surface area contributed by atoms with Crippen LogP contribution < -0.4 is 9.47 Å². The zero-order chi connectivity index (χ0) is 22.7. The summed E-state index contributed by atoms with van der Waals surface area (Å²) in [5.41, 5.74) is 1.83. The van der Waals surface area contributed by atoms with Gasteiger partial charge in [0.15, 0.2) is 0 Å². The van der Waals surface area contributed by atoms with Crippen molar-refractivity contribution in [1.29, 1.82) is 0 Å². The molecule has 4 nitrogen and oxygen atoms in total. The first kappa shape index (κ1) is 22.6. The van der Waals surface area contributed by atoms with Crippen LogP contribution in [0.4, 0.5) is 4.39 Å². The van der Waals surface area contributed by atoms with Crippen molar-refractivity contribution in [2.75, 3.05) is 13.7 Å². The Bertz CT molecular complexity index is 931. The second kappa shape index (κ2) is 9.93. The topological polar surface area (TPSA) is 55.8 Å². The summed E-state index contributed by atoms with van der Waals surface area (Å²) in [5, 5.41) is 9.52. The summed E-state index contributed by atoms with van der Waals surface area (Å²) in [7, 11) is 1.61. The number of hydrogen-bond donors (Lipinski definition) is 1. The van der Waals surface area contributed by atoms with Crippen LogP contribution >= 0.6 is 0 Å². The fraction of sp³-hybridized carbons (Fsp3) is 0.519. The van der Waals surface area contributed by atoms with Crippen LogP contribution in [0.2, 0.25) is 0 Å². The van der Waals surface area contributed by atoms with Crippen LogP contribution in [-0.2, 0) is 4.79 Å². The second-order valence-corrected chi connectivity index (χ2v) is 9.48. The first-order valence-corrected chi connectivity index (χ1v) is 11.7. The van der Waals surface area contributed by atoms with Crippen molar-refractivity contribution in [3.63, 3.8) is 0 Å². The zero-order valence-corrected chi connectivity index (χ0v) is 18.9. The molecule has 0 radical (unpaired) electrons. The van der Waals surface area contributed by atoms with Gasteiger partial charge in [-0.05, 0) is 104 Å². The smallest absolute Gasteiger partial charge is 0.306 e. The van der Waals surface area contributed by atoms with Gasteiger partial charge in [0.1, 0.15) is 17.3 Å². The van der Waals surface area contributed by atoms with Crippen molar-refractivity contribution in [3.8, 4) is 11.5 Å². The van der Waals surface area contributed by atoms with E-state index in [1.165, 1.54) is 6.07 Å². The van der Waals surface area contributed by atoms with E-state index >= 15 is 0 Å². The van der Waals surface area contributed by atoms with Crippen LogP contribution in [0.15, 0.2) is 42.5 Å². The highest BCUT2D eigenvalue weighted by molar-refractivity contribution is 5.71. The van der Waals surface area contributed by atoms with E-state index in [0.29, 0.717) is 24.2 Å². The van der Waals surface area contributed by atoms with E-state index in [-0.39, 0.29) is 17.7 Å². The van der Waals surface area contributed by atoms with Crippen molar-refractivity contribution in [2.45, 2.75) is 57.3 Å². The molecule has 32 heavy (non-hydrogen) atoms. The highest BCUT2D eigenvalue weighted by Crippen LogP contribution is 2.47. The van der Waals surface area contributed by atoms with Gasteiger partial charge in [0.25, 0.3) is 0 Å². The summed E-state index contributed by atoms with van der Waals surface area (Å²) in [6.45, 7) is 2.45. The Labute approximate surface area is 189 Å². The number of halogens is 1. The van der Waals surface area contributed by atoms with Gasteiger partial charge in [-0.2, -0.15) is 0 Å². The minimum absolute atomic E-state index is 0.0456. The highest BCUT2D eigenvalue weighted by Gasteiger charge is 2.38. The molecule has 0 bridgehead atoms. The predicted octanol–water partition coefficient (Wildman–Crippen LogP) is 6.40. The highest BCUT2D eigenvalue weighted by atomic mass is 19.1. The molecule has 1 N–H and O–H groups in total. The summed E-state index contributed by atoms with van der Waals surface area (Å²) < 4.78 is 25.7. The van der Waals surface area contributed by atoms with Gasteiger partial charge in [-0.15, -0.1) is 0 Å². The molecular formula is C27H33FO4. The van der Waals surface area contributed by atoms with E-state index in [1.807, 2.05) is 37.3 Å². The predicted molar refractivity (Wildman–Crippen MR) is 122 cm³/mol. The Kier molecular flexibility index (Phi) is 7.02. The Morgan fingerprint density at radius 3 is 2.47 bits per heavy atom. The molecule has 4 rings (SSSR count). The van der Waals surface area contributed by atoms with E-state index in [4.69, 9.17) is 9.47 Å². The maximum Gasteiger partial charge on any atom is 0.306 e. The van der Waals surface area contributed by atoms with E-state index in [2.05, 4.69) is 0 Å².